The van der Waals surface area contributed by atoms with Crippen LogP contribution in [0.25, 0.3) is 23.0 Å². The number of aromatic nitrogens is 2. The molecule has 0 saturated carbocycles. The van der Waals surface area contributed by atoms with Crippen LogP contribution < -0.4 is 5.32 Å². The molecule has 0 spiro atoms. The van der Waals surface area contributed by atoms with E-state index in [1.807, 2.05) is 66.7 Å². The molecule has 0 radical (unpaired) electrons. The molecule has 0 unspecified atom stereocenters. The lowest BCUT2D eigenvalue weighted by Crippen LogP contribution is -2.44. The van der Waals surface area contributed by atoms with Crippen LogP contribution in [-0.4, -0.2) is 52.8 Å². The summed E-state index contributed by atoms with van der Waals surface area (Å²) in [6, 6.07) is 25.8. The molecule has 2 heterocycles. The summed E-state index contributed by atoms with van der Waals surface area (Å²) < 4.78 is 7.16. The van der Waals surface area contributed by atoms with Gasteiger partial charge >= 0.3 is 0 Å². The molecule has 5 rings (SSSR count). The first-order valence-electron chi connectivity index (χ1n) is 12.1. The van der Waals surface area contributed by atoms with E-state index in [4.69, 9.17) is 33.0 Å². The van der Waals surface area contributed by atoms with Gasteiger partial charge in [0.1, 0.15) is 5.70 Å². The fourth-order valence-electron chi connectivity index (χ4n) is 4.12. The molecule has 192 valence electrons. The van der Waals surface area contributed by atoms with Crippen LogP contribution in [0.5, 0.6) is 0 Å². The molecule has 1 aromatic heterocycles. The van der Waals surface area contributed by atoms with Gasteiger partial charge in [-0.2, -0.15) is 5.10 Å². The second kappa shape index (κ2) is 11.6. The highest BCUT2D eigenvalue weighted by Gasteiger charge is 2.24. The minimum absolute atomic E-state index is 0.0969. The van der Waals surface area contributed by atoms with E-state index in [0.717, 1.165) is 16.9 Å². The largest absolute Gasteiger partial charge is 0.378 e. The van der Waals surface area contributed by atoms with Crippen molar-refractivity contribution < 1.29 is 14.3 Å². The molecule has 1 aliphatic rings. The lowest BCUT2D eigenvalue weighted by Gasteiger charge is -2.28. The number of ether oxygens (including phenoxy) is 1. The molecule has 38 heavy (non-hydrogen) atoms. The zero-order valence-electron chi connectivity index (χ0n) is 20.3. The Labute approximate surface area is 230 Å². The fourth-order valence-corrected chi connectivity index (χ4v) is 4.62. The van der Waals surface area contributed by atoms with Gasteiger partial charge in [0.25, 0.3) is 11.8 Å². The topological polar surface area (TPSA) is 76.5 Å². The highest BCUT2D eigenvalue weighted by molar-refractivity contribution is 6.36. The minimum atomic E-state index is -0.520. The van der Waals surface area contributed by atoms with E-state index in [0.29, 0.717) is 37.0 Å². The summed E-state index contributed by atoms with van der Waals surface area (Å²) in [5, 5.41) is 8.20. The smallest absolute Gasteiger partial charge is 0.270 e. The number of carbonyl (C=O) groups is 2. The molecule has 2 amide bonds. The number of rotatable bonds is 6. The highest BCUT2D eigenvalue weighted by atomic mass is 35.5. The molecule has 9 heteroatoms. The van der Waals surface area contributed by atoms with Crippen molar-refractivity contribution in [3.63, 3.8) is 0 Å². The molecule has 1 saturated heterocycles. The van der Waals surface area contributed by atoms with Crippen LogP contribution in [0.1, 0.15) is 16.1 Å². The van der Waals surface area contributed by atoms with E-state index >= 15 is 0 Å². The van der Waals surface area contributed by atoms with E-state index in [1.54, 1.807) is 21.7 Å². The van der Waals surface area contributed by atoms with Gasteiger partial charge < -0.3 is 15.0 Å². The van der Waals surface area contributed by atoms with Crippen LogP contribution in [0.3, 0.4) is 0 Å². The highest BCUT2D eigenvalue weighted by Crippen LogP contribution is 2.25. The third kappa shape index (κ3) is 5.81. The first-order chi connectivity index (χ1) is 18.5. The van der Waals surface area contributed by atoms with Crippen molar-refractivity contribution >= 4 is 41.1 Å². The van der Waals surface area contributed by atoms with Gasteiger partial charge in [-0.3, -0.25) is 9.59 Å². The average molecular weight is 547 g/mol. The van der Waals surface area contributed by atoms with Gasteiger partial charge in [-0.25, -0.2) is 4.68 Å². The number of para-hydroxylation sites is 1. The van der Waals surface area contributed by atoms with Crippen LogP contribution in [0.15, 0.2) is 90.6 Å². The van der Waals surface area contributed by atoms with Gasteiger partial charge in [-0.1, -0.05) is 71.7 Å². The lowest BCUT2D eigenvalue weighted by atomic mass is 10.1. The molecule has 1 N–H and O–H groups in total. The average Bonchev–Trinajstić information content (AvgIpc) is 3.37. The van der Waals surface area contributed by atoms with Crippen LogP contribution >= 0.6 is 23.2 Å². The Bertz CT molecular complexity index is 1480. The number of hydrogen-bond acceptors (Lipinski definition) is 4. The standard InChI is InChI=1S/C29H24Cl2N4O3/c30-21-11-12-24(25(31)17-21)28(36)32-27(29(37)34-13-15-38-16-14-34)19-23-18-26(20-7-3-1-4-8-20)33-35(23)22-9-5-2-6-10-22/h1-12,17-19H,13-16H2,(H,32,36)/b27-19+. The second-order valence-electron chi connectivity index (χ2n) is 8.61. The summed E-state index contributed by atoms with van der Waals surface area (Å²) in [5.74, 6) is -0.845. The number of amides is 2. The molecule has 0 bridgehead atoms. The Balaban J connectivity index is 1.59. The Morgan fingerprint density at radius 1 is 0.895 bits per heavy atom. The maximum atomic E-state index is 13.6. The Morgan fingerprint density at radius 3 is 2.26 bits per heavy atom. The van der Waals surface area contributed by atoms with Crippen molar-refractivity contribution in [2.75, 3.05) is 26.3 Å². The van der Waals surface area contributed by atoms with E-state index in [9.17, 15) is 9.59 Å². The number of nitrogens with one attached hydrogen (secondary N) is 1. The second-order valence-corrected chi connectivity index (χ2v) is 9.45. The van der Waals surface area contributed by atoms with Gasteiger partial charge in [0.15, 0.2) is 0 Å². The summed E-state index contributed by atoms with van der Waals surface area (Å²) >= 11 is 12.3. The zero-order chi connectivity index (χ0) is 26.5. The SMILES string of the molecule is O=C(N/C(=C/c1cc(-c2ccccc2)nn1-c1ccccc1)C(=O)N1CCOCC1)c1ccc(Cl)cc1Cl. The van der Waals surface area contributed by atoms with Crippen molar-refractivity contribution in [3.8, 4) is 16.9 Å². The maximum absolute atomic E-state index is 13.6. The van der Waals surface area contributed by atoms with Gasteiger partial charge in [0.05, 0.1) is 40.9 Å². The molecule has 7 nitrogen and oxygen atoms in total. The molecular formula is C29H24Cl2N4O3. The Morgan fingerprint density at radius 2 is 1.58 bits per heavy atom. The predicted molar refractivity (Wildman–Crippen MR) is 148 cm³/mol. The molecular weight excluding hydrogens is 523 g/mol. The fraction of sp³-hybridized carbons (Fsp3) is 0.138. The molecule has 3 aromatic carbocycles. The van der Waals surface area contributed by atoms with Crippen molar-refractivity contribution in [3.05, 3.63) is 112 Å². The van der Waals surface area contributed by atoms with Crippen LogP contribution in [0.2, 0.25) is 10.0 Å². The lowest BCUT2D eigenvalue weighted by molar-refractivity contribution is -0.131. The Hall–Kier alpha value is -3.91. The quantitative estimate of drug-likeness (QED) is 0.325. The molecule has 0 atom stereocenters. The summed E-state index contributed by atoms with van der Waals surface area (Å²) in [6.07, 6.45) is 1.64. The number of morpholine rings is 1. The third-order valence-corrected chi connectivity index (χ3v) is 6.60. The van der Waals surface area contributed by atoms with E-state index in [1.165, 1.54) is 12.1 Å². The number of nitrogens with zero attached hydrogens (tertiary/aromatic N) is 3. The van der Waals surface area contributed by atoms with Crippen LogP contribution in [-0.2, 0) is 9.53 Å². The van der Waals surface area contributed by atoms with E-state index in [2.05, 4.69) is 5.32 Å². The van der Waals surface area contributed by atoms with E-state index in [-0.39, 0.29) is 22.2 Å². The van der Waals surface area contributed by atoms with Crippen molar-refractivity contribution in [1.29, 1.82) is 0 Å². The van der Waals surface area contributed by atoms with E-state index < -0.39 is 5.91 Å². The molecule has 0 aliphatic carbocycles. The third-order valence-electron chi connectivity index (χ3n) is 6.05. The summed E-state index contributed by atoms with van der Waals surface area (Å²) in [6.45, 7) is 1.69. The molecule has 1 aliphatic heterocycles. The van der Waals surface area contributed by atoms with Crippen LogP contribution in [0.4, 0.5) is 0 Å². The Kier molecular flexibility index (Phi) is 7.89. The number of hydrogen-bond donors (Lipinski definition) is 1. The van der Waals surface area contributed by atoms with Gasteiger partial charge in [0.2, 0.25) is 0 Å². The summed E-state index contributed by atoms with van der Waals surface area (Å²) in [7, 11) is 0. The van der Waals surface area contributed by atoms with Crippen LogP contribution in [0, 0.1) is 0 Å². The number of carbonyl (C=O) groups excluding carboxylic acids is 2. The molecule has 1 fully saturated rings. The van der Waals surface area contributed by atoms with Crippen molar-refractivity contribution in [2.24, 2.45) is 0 Å². The summed E-state index contributed by atoms with van der Waals surface area (Å²) in [5.41, 5.74) is 3.39. The van der Waals surface area contributed by atoms with Gasteiger partial charge in [-0.05, 0) is 42.5 Å². The monoisotopic (exact) mass is 546 g/mol. The van der Waals surface area contributed by atoms with Crippen molar-refractivity contribution in [2.45, 2.75) is 0 Å². The first-order valence-corrected chi connectivity index (χ1v) is 12.8. The number of benzene rings is 3. The van der Waals surface area contributed by atoms with Crippen molar-refractivity contribution in [1.82, 2.24) is 20.0 Å². The minimum Gasteiger partial charge on any atom is -0.378 e. The predicted octanol–water partition coefficient (Wildman–Crippen LogP) is 5.48. The zero-order valence-corrected chi connectivity index (χ0v) is 21.8. The number of halogens is 2. The first kappa shape index (κ1) is 25.7. The maximum Gasteiger partial charge on any atom is 0.270 e. The summed E-state index contributed by atoms with van der Waals surface area (Å²) in [4.78, 5) is 28.5. The molecule has 4 aromatic rings. The van der Waals surface area contributed by atoms with Gasteiger partial charge in [-0.15, -0.1) is 0 Å². The van der Waals surface area contributed by atoms with Gasteiger partial charge in [0, 0.05) is 23.7 Å². The normalized spacial score (nSPS) is 13.8.